The van der Waals surface area contributed by atoms with E-state index in [0.29, 0.717) is 31.1 Å². The van der Waals surface area contributed by atoms with E-state index in [1.807, 2.05) is 29.7 Å². The normalized spacial score (nSPS) is 13.6. The summed E-state index contributed by atoms with van der Waals surface area (Å²) >= 11 is 0. The zero-order valence-electron chi connectivity index (χ0n) is 18.1. The van der Waals surface area contributed by atoms with Crippen molar-refractivity contribution in [1.82, 2.24) is 25.0 Å². The van der Waals surface area contributed by atoms with Crippen LogP contribution < -0.4 is 25.8 Å². The van der Waals surface area contributed by atoms with E-state index >= 15 is 0 Å². The van der Waals surface area contributed by atoms with Gasteiger partial charge in [-0.2, -0.15) is 5.10 Å². The summed E-state index contributed by atoms with van der Waals surface area (Å²) in [7, 11) is 3.24. The lowest BCUT2D eigenvalue weighted by Gasteiger charge is -2.12. The zero-order valence-corrected chi connectivity index (χ0v) is 18.1. The van der Waals surface area contributed by atoms with Crippen molar-refractivity contribution in [3.63, 3.8) is 0 Å². The Kier molecular flexibility index (Phi) is 7.75. The fourth-order valence-corrected chi connectivity index (χ4v) is 3.52. The molecule has 9 nitrogen and oxygen atoms in total. The van der Waals surface area contributed by atoms with Gasteiger partial charge in [0.15, 0.2) is 17.5 Å². The van der Waals surface area contributed by atoms with Crippen molar-refractivity contribution >= 4 is 5.96 Å². The third-order valence-electron chi connectivity index (χ3n) is 5.08. The van der Waals surface area contributed by atoms with Crippen LogP contribution in [0.2, 0.25) is 0 Å². The Bertz CT molecular complexity index is 918. The van der Waals surface area contributed by atoms with Crippen LogP contribution in [0.3, 0.4) is 0 Å². The third-order valence-corrected chi connectivity index (χ3v) is 5.08. The van der Waals surface area contributed by atoms with E-state index < -0.39 is 0 Å². The molecule has 0 radical (unpaired) electrons. The van der Waals surface area contributed by atoms with Crippen LogP contribution >= 0.6 is 0 Å². The molecule has 9 heteroatoms. The Balaban J connectivity index is 1.53. The fraction of sp³-hybridized carbons (Fsp3) is 0.571. The van der Waals surface area contributed by atoms with E-state index in [1.54, 1.807) is 18.9 Å². The van der Waals surface area contributed by atoms with Crippen molar-refractivity contribution < 1.29 is 9.47 Å². The smallest absolute Gasteiger partial charge is 0.345 e. The van der Waals surface area contributed by atoms with Gasteiger partial charge in [-0.3, -0.25) is 4.57 Å². The van der Waals surface area contributed by atoms with Gasteiger partial charge in [0.2, 0.25) is 0 Å². The predicted molar refractivity (Wildman–Crippen MR) is 116 cm³/mol. The highest BCUT2D eigenvalue weighted by Gasteiger charge is 2.16. The number of hydrogen-bond donors (Lipinski definition) is 2. The molecule has 0 atom stereocenters. The van der Waals surface area contributed by atoms with Crippen LogP contribution in [0.5, 0.6) is 11.5 Å². The Morgan fingerprint density at radius 3 is 2.77 bits per heavy atom. The van der Waals surface area contributed by atoms with Gasteiger partial charge in [-0.1, -0.05) is 6.07 Å². The van der Waals surface area contributed by atoms with Gasteiger partial charge >= 0.3 is 5.69 Å². The molecule has 2 aromatic rings. The molecule has 3 rings (SSSR count). The van der Waals surface area contributed by atoms with Gasteiger partial charge in [0.1, 0.15) is 5.82 Å². The van der Waals surface area contributed by atoms with E-state index in [2.05, 4.69) is 20.7 Å². The second-order valence-electron chi connectivity index (χ2n) is 7.20. The molecule has 164 valence electrons. The van der Waals surface area contributed by atoms with Gasteiger partial charge in [0, 0.05) is 32.6 Å². The number of methoxy groups -OCH3 is 2. The van der Waals surface area contributed by atoms with E-state index in [4.69, 9.17) is 9.47 Å². The molecule has 0 aliphatic carbocycles. The lowest BCUT2D eigenvalue weighted by atomic mass is 10.2. The first-order chi connectivity index (χ1) is 14.7. The number of aromatic nitrogens is 3. The highest BCUT2D eigenvalue weighted by atomic mass is 16.5. The molecule has 30 heavy (non-hydrogen) atoms. The maximum Gasteiger partial charge on any atom is 0.345 e. The van der Waals surface area contributed by atoms with E-state index in [1.165, 1.54) is 0 Å². The van der Waals surface area contributed by atoms with Crippen molar-refractivity contribution in [3.8, 4) is 11.5 Å². The Morgan fingerprint density at radius 1 is 1.20 bits per heavy atom. The summed E-state index contributed by atoms with van der Waals surface area (Å²) in [5, 5.41) is 11.1. The summed E-state index contributed by atoms with van der Waals surface area (Å²) < 4.78 is 14.0. The summed E-state index contributed by atoms with van der Waals surface area (Å²) in [6.45, 7) is 5.41. The number of aryl methyl sites for hydroxylation is 2. The molecule has 1 aromatic heterocycles. The quantitative estimate of drug-likeness (QED) is 0.366. The molecule has 0 saturated carbocycles. The first-order valence-electron chi connectivity index (χ1n) is 10.6. The molecule has 1 aliphatic rings. The maximum absolute atomic E-state index is 12.4. The molecule has 0 amide bonds. The summed E-state index contributed by atoms with van der Waals surface area (Å²) in [6, 6.07) is 5.78. The predicted octanol–water partition coefficient (Wildman–Crippen LogP) is 1.54. The monoisotopic (exact) mass is 416 g/mol. The van der Waals surface area contributed by atoms with Gasteiger partial charge in [-0.15, -0.1) is 0 Å². The summed E-state index contributed by atoms with van der Waals surface area (Å²) in [4.78, 5) is 17.0. The number of benzene rings is 1. The number of aliphatic imine (C=N–C) groups is 1. The number of ether oxygens (including phenoxy) is 2. The molecule has 0 fully saturated rings. The molecule has 0 saturated heterocycles. The van der Waals surface area contributed by atoms with Crippen LogP contribution in [0, 0.1) is 0 Å². The second kappa shape index (κ2) is 10.7. The van der Waals surface area contributed by atoms with Crippen LogP contribution in [-0.2, 0) is 26.1 Å². The average molecular weight is 417 g/mol. The molecular weight excluding hydrogens is 384 g/mol. The standard InChI is InChI=1S/C21H32N6O3/c1-4-22-20(24-15-16-9-10-17(29-2)18(14-16)30-3)23-11-7-13-27-21(28)26-12-6-5-8-19(26)25-27/h9-10,14H,4-8,11-13,15H2,1-3H3,(H2,22,23,24). The van der Waals surface area contributed by atoms with Gasteiger partial charge in [0.25, 0.3) is 0 Å². The molecule has 0 unspecified atom stereocenters. The van der Waals surface area contributed by atoms with Crippen LogP contribution in [-0.4, -0.2) is 47.6 Å². The van der Waals surface area contributed by atoms with Gasteiger partial charge < -0.3 is 20.1 Å². The molecule has 1 aliphatic heterocycles. The molecule has 1 aromatic carbocycles. The number of nitrogens with one attached hydrogen (secondary N) is 2. The largest absolute Gasteiger partial charge is 0.493 e. The van der Waals surface area contributed by atoms with Crippen molar-refractivity contribution in [2.45, 2.75) is 52.2 Å². The molecule has 0 spiro atoms. The van der Waals surface area contributed by atoms with Crippen LogP contribution in [0.25, 0.3) is 0 Å². The highest BCUT2D eigenvalue weighted by Crippen LogP contribution is 2.27. The molecule has 2 N–H and O–H groups in total. The van der Waals surface area contributed by atoms with Crippen molar-refractivity contribution in [2.24, 2.45) is 4.99 Å². The molecule has 2 heterocycles. The van der Waals surface area contributed by atoms with Gasteiger partial charge in [-0.05, 0) is 43.9 Å². The van der Waals surface area contributed by atoms with Crippen molar-refractivity contribution in [2.75, 3.05) is 27.3 Å². The van der Waals surface area contributed by atoms with Gasteiger partial charge in [-0.25, -0.2) is 14.5 Å². The highest BCUT2D eigenvalue weighted by molar-refractivity contribution is 5.79. The second-order valence-corrected chi connectivity index (χ2v) is 7.20. The summed E-state index contributed by atoms with van der Waals surface area (Å²) in [5.41, 5.74) is 1.04. The van der Waals surface area contributed by atoms with Crippen LogP contribution in [0.1, 0.15) is 37.6 Å². The van der Waals surface area contributed by atoms with E-state index in [-0.39, 0.29) is 5.69 Å². The van der Waals surface area contributed by atoms with Gasteiger partial charge in [0.05, 0.1) is 20.8 Å². The summed E-state index contributed by atoms with van der Waals surface area (Å²) in [6.07, 6.45) is 3.86. The Hall–Kier alpha value is -2.97. The van der Waals surface area contributed by atoms with Crippen molar-refractivity contribution in [1.29, 1.82) is 0 Å². The number of fused-ring (bicyclic) bond motifs is 1. The SMILES string of the molecule is CCNC(=NCc1ccc(OC)c(OC)c1)NCCCn1nc2n(c1=O)CCCC2. The minimum absolute atomic E-state index is 0.0127. The maximum atomic E-state index is 12.4. The third kappa shape index (κ3) is 5.34. The minimum atomic E-state index is 0.0127. The topological polar surface area (TPSA) is 94.7 Å². The Morgan fingerprint density at radius 2 is 2.03 bits per heavy atom. The Labute approximate surface area is 177 Å². The first kappa shape index (κ1) is 21.7. The number of hydrogen-bond acceptors (Lipinski definition) is 5. The number of rotatable bonds is 9. The first-order valence-corrected chi connectivity index (χ1v) is 10.6. The van der Waals surface area contributed by atoms with E-state index in [9.17, 15) is 4.79 Å². The lowest BCUT2D eigenvalue weighted by molar-refractivity contribution is 0.354. The number of nitrogens with zero attached hydrogens (tertiary/aromatic N) is 4. The lowest BCUT2D eigenvalue weighted by Crippen LogP contribution is -2.38. The zero-order chi connectivity index (χ0) is 21.3. The number of guanidine groups is 1. The average Bonchev–Trinajstić information content (AvgIpc) is 3.10. The fourth-order valence-electron chi connectivity index (χ4n) is 3.52. The van der Waals surface area contributed by atoms with E-state index in [0.717, 1.165) is 56.1 Å². The minimum Gasteiger partial charge on any atom is -0.493 e. The molecule has 0 bridgehead atoms. The molecular formula is C21H32N6O3. The van der Waals surface area contributed by atoms with Crippen LogP contribution in [0.4, 0.5) is 0 Å². The van der Waals surface area contributed by atoms with Crippen LogP contribution in [0.15, 0.2) is 28.0 Å². The van der Waals surface area contributed by atoms with Crippen molar-refractivity contribution in [3.05, 3.63) is 40.1 Å². The summed E-state index contributed by atoms with van der Waals surface area (Å²) in [5.74, 6) is 3.05.